The maximum atomic E-state index is 14.5. The van der Waals surface area contributed by atoms with Gasteiger partial charge in [-0.15, -0.1) is 0 Å². The molecule has 2 heterocycles. The number of hydrogen-bond donors (Lipinski definition) is 3. The molecule has 2 aliphatic heterocycles. The molecule has 0 saturated heterocycles. The van der Waals surface area contributed by atoms with Crippen LogP contribution in [0.2, 0.25) is 0 Å². The van der Waals surface area contributed by atoms with Gasteiger partial charge in [-0.25, -0.2) is 22.0 Å². The normalized spacial score (nSPS) is 23.6. The zero-order chi connectivity index (χ0) is 26.7. The van der Waals surface area contributed by atoms with Crippen LogP contribution >= 0.6 is 0 Å². The smallest absolute Gasteiger partial charge is 0.339 e. The predicted octanol–water partition coefficient (Wildman–Crippen LogP) is 2.92. The van der Waals surface area contributed by atoms with Crippen LogP contribution in [0.25, 0.3) is 0 Å². The Bertz CT molecular complexity index is 1550. The third-order valence-electron chi connectivity index (χ3n) is 6.51. The number of benzene rings is 2. The van der Waals surface area contributed by atoms with Gasteiger partial charge in [0, 0.05) is 40.8 Å². The number of ether oxygens (including phenoxy) is 2. The van der Waals surface area contributed by atoms with Gasteiger partial charge in [-0.2, -0.15) is 0 Å². The van der Waals surface area contributed by atoms with Crippen molar-refractivity contribution in [1.29, 1.82) is 0 Å². The van der Waals surface area contributed by atoms with Crippen LogP contribution in [0.15, 0.2) is 66.1 Å². The zero-order valence-electron chi connectivity index (χ0n) is 18.9. The average molecular weight is 531 g/mol. The van der Waals surface area contributed by atoms with E-state index >= 15 is 0 Å². The standard InChI is InChI=1S/C25H19F2NO8S/c1-2-37(33,34)6-5-28-23(31)12-3-4-14-13(7-12)24(32)36-25(14)15-8-17(26)19(29)10-21(15)35-22-11-20(30)18(27)9-16(22)25/h2-4,7-11,15,21,29-30H,1,5-6H2,(H,28,31). The summed E-state index contributed by atoms with van der Waals surface area (Å²) in [6.07, 6.45) is 1.04. The van der Waals surface area contributed by atoms with Crippen LogP contribution in [-0.2, 0) is 20.2 Å². The summed E-state index contributed by atoms with van der Waals surface area (Å²) >= 11 is 0. The summed E-state index contributed by atoms with van der Waals surface area (Å²) in [7, 11) is -3.53. The van der Waals surface area contributed by atoms with E-state index in [1.54, 1.807) is 0 Å². The van der Waals surface area contributed by atoms with Gasteiger partial charge < -0.3 is 25.0 Å². The summed E-state index contributed by atoms with van der Waals surface area (Å²) in [6.45, 7) is 3.00. The lowest BCUT2D eigenvalue weighted by atomic mass is 9.70. The van der Waals surface area contributed by atoms with E-state index < -0.39 is 62.5 Å². The molecule has 5 rings (SSSR count). The maximum Gasteiger partial charge on any atom is 0.339 e. The van der Waals surface area contributed by atoms with Crippen molar-refractivity contribution < 1.29 is 46.5 Å². The summed E-state index contributed by atoms with van der Waals surface area (Å²) in [5.74, 6) is -6.49. The van der Waals surface area contributed by atoms with Crippen LogP contribution in [0.3, 0.4) is 0 Å². The fraction of sp³-hybridized carbons (Fsp3) is 0.200. The number of aliphatic hydroxyl groups is 1. The SMILES string of the molecule is C=CS(=O)(=O)CCNC(=O)c1ccc2c(c1)C(=O)OC21c2cc(F)c(O)cc2OC2C=C(O)C(F)=CC21. The molecule has 192 valence electrons. The minimum atomic E-state index is -3.53. The zero-order valence-corrected chi connectivity index (χ0v) is 19.7. The number of carbonyl (C=O) groups excluding carboxylic acids is 2. The molecular formula is C25H19F2NO8S. The molecular weight excluding hydrogens is 512 g/mol. The molecule has 3 aliphatic rings. The summed E-state index contributed by atoms with van der Waals surface area (Å²) in [5, 5.41) is 23.0. The quantitative estimate of drug-likeness (QED) is 0.501. The van der Waals surface area contributed by atoms with Gasteiger partial charge in [0.25, 0.3) is 5.91 Å². The fourth-order valence-electron chi connectivity index (χ4n) is 4.76. The van der Waals surface area contributed by atoms with Gasteiger partial charge in [0.2, 0.25) is 0 Å². The van der Waals surface area contributed by atoms with Gasteiger partial charge in [-0.1, -0.05) is 12.6 Å². The van der Waals surface area contributed by atoms with E-state index in [2.05, 4.69) is 11.9 Å². The monoisotopic (exact) mass is 531 g/mol. The Morgan fingerprint density at radius 1 is 1.16 bits per heavy atom. The number of sulfone groups is 1. The minimum Gasteiger partial charge on any atom is -0.505 e. The molecule has 0 fully saturated rings. The first-order chi connectivity index (χ1) is 17.5. The molecule has 2 aromatic rings. The Labute approximate surface area is 209 Å². The molecule has 1 aliphatic carbocycles. The van der Waals surface area contributed by atoms with Crippen molar-refractivity contribution in [3.8, 4) is 11.5 Å². The summed E-state index contributed by atoms with van der Waals surface area (Å²) in [4.78, 5) is 25.7. The second-order valence-corrected chi connectivity index (χ2v) is 10.7. The molecule has 12 heteroatoms. The molecule has 9 nitrogen and oxygen atoms in total. The van der Waals surface area contributed by atoms with Crippen molar-refractivity contribution in [3.63, 3.8) is 0 Å². The summed E-state index contributed by atoms with van der Waals surface area (Å²) < 4.78 is 63.7. The molecule has 0 saturated carbocycles. The third kappa shape index (κ3) is 3.84. The molecule has 2 aromatic carbocycles. The molecule has 0 radical (unpaired) electrons. The van der Waals surface area contributed by atoms with Crippen LogP contribution in [-0.4, -0.2) is 48.9 Å². The highest BCUT2D eigenvalue weighted by Crippen LogP contribution is 2.57. The average Bonchev–Trinajstić information content (AvgIpc) is 3.14. The first-order valence-corrected chi connectivity index (χ1v) is 12.7. The molecule has 0 aromatic heterocycles. The number of phenols is 1. The molecule has 3 atom stereocenters. The van der Waals surface area contributed by atoms with Crippen molar-refractivity contribution in [1.82, 2.24) is 5.32 Å². The number of esters is 1. The van der Waals surface area contributed by atoms with Crippen LogP contribution in [0, 0.1) is 11.7 Å². The second-order valence-electron chi connectivity index (χ2n) is 8.65. The minimum absolute atomic E-state index is 0.00169. The number of aromatic hydroxyl groups is 1. The maximum absolute atomic E-state index is 14.5. The third-order valence-corrected chi connectivity index (χ3v) is 7.79. The Morgan fingerprint density at radius 2 is 1.92 bits per heavy atom. The molecule has 1 spiro atoms. The number of hydrogen-bond acceptors (Lipinski definition) is 8. The lowest BCUT2D eigenvalue weighted by molar-refractivity contribution is -0.0436. The topological polar surface area (TPSA) is 139 Å². The van der Waals surface area contributed by atoms with Gasteiger partial charge in [0.15, 0.2) is 38.6 Å². The van der Waals surface area contributed by atoms with Gasteiger partial charge >= 0.3 is 5.97 Å². The molecule has 37 heavy (non-hydrogen) atoms. The number of aliphatic hydroxyl groups excluding tert-OH is 1. The van der Waals surface area contributed by atoms with Crippen LogP contribution < -0.4 is 10.1 Å². The number of carbonyl (C=O) groups is 2. The predicted molar refractivity (Wildman–Crippen MR) is 125 cm³/mol. The number of halogens is 2. The van der Waals surface area contributed by atoms with E-state index in [0.717, 1.165) is 29.7 Å². The molecule has 3 unspecified atom stereocenters. The largest absolute Gasteiger partial charge is 0.505 e. The number of fused-ring (bicyclic) bond motifs is 6. The summed E-state index contributed by atoms with van der Waals surface area (Å²) in [5.41, 5.74) is -1.65. The molecule has 3 N–H and O–H groups in total. The first kappa shape index (κ1) is 24.5. The highest BCUT2D eigenvalue weighted by atomic mass is 32.2. The van der Waals surface area contributed by atoms with Crippen molar-refractivity contribution >= 4 is 21.7 Å². The Morgan fingerprint density at radius 3 is 2.65 bits per heavy atom. The van der Waals surface area contributed by atoms with E-state index in [1.165, 1.54) is 18.2 Å². The lowest BCUT2D eigenvalue weighted by Crippen LogP contribution is -2.48. The second kappa shape index (κ2) is 8.44. The Balaban J connectivity index is 1.59. The van der Waals surface area contributed by atoms with Gasteiger partial charge in [-0.05, 0) is 24.3 Å². The van der Waals surface area contributed by atoms with Crippen LogP contribution in [0.1, 0.15) is 31.8 Å². The fourth-order valence-corrected chi connectivity index (χ4v) is 5.32. The molecule has 1 amide bonds. The van der Waals surface area contributed by atoms with E-state index in [1.807, 2.05) is 0 Å². The number of rotatable bonds is 5. The number of nitrogens with one attached hydrogen (secondary N) is 1. The van der Waals surface area contributed by atoms with E-state index in [9.17, 15) is 37.0 Å². The molecule has 0 bridgehead atoms. The van der Waals surface area contributed by atoms with Gasteiger partial charge in [0.1, 0.15) is 11.9 Å². The van der Waals surface area contributed by atoms with E-state index in [0.29, 0.717) is 0 Å². The van der Waals surface area contributed by atoms with Crippen molar-refractivity contribution in [2.45, 2.75) is 11.7 Å². The number of phenolic OH excluding ortho intramolecular Hbond substituents is 1. The number of amides is 1. The highest BCUT2D eigenvalue weighted by Gasteiger charge is 2.59. The van der Waals surface area contributed by atoms with Crippen LogP contribution in [0.5, 0.6) is 11.5 Å². The van der Waals surface area contributed by atoms with Gasteiger partial charge in [0.05, 0.1) is 17.2 Å². The van der Waals surface area contributed by atoms with Crippen molar-refractivity contribution in [3.05, 3.63) is 94.1 Å². The Hall–Kier alpha value is -4.19. The Kier molecular flexibility index (Phi) is 5.59. The van der Waals surface area contributed by atoms with E-state index in [4.69, 9.17) is 9.47 Å². The first-order valence-electron chi connectivity index (χ1n) is 11.0. The summed E-state index contributed by atoms with van der Waals surface area (Å²) in [6, 6.07) is 5.91. The van der Waals surface area contributed by atoms with Crippen LogP contribution in [0.4, 0.5) is 8.78 Å². The van der Waals surface area contributed by atoms with Gasteiger partial charge in [-0.3, -0.25) is 4.79 Å². The van der Waals surface area contributed by atoms with Crippen molar-refractivity contribution in [2.75, 3.05) is 12.3 Å². The van der Waals surface area contributed by atoms with E-state index in [-0.39, 0.29) is 40.3 Å². The lowest BCUT2D eigenvalue weighted by Gasteiger charge is -2.44. The highest BCUT2D eigenvalue weighted by molar-refractivity contribution is 7.94. The van der Waals surface area contributed by atoms with Crippen molar-refractivity contribution in [2.24, 2.45) is 5.92 Å². The number of allylic oxidation sites excluding steroid dienone is 1.